The van der Waals surface area contributed by atoms with Crippen LogP contribution in [0.1, 0.15) is 10.9 Å². The van der Waals surface area contributed by atoms with Crippen LogP contribution in [0.15, 0.2) is 38.6 Å². The minimum Gasteiger partial charge on any atom is -0.365 e. The molecule has 0 saturated heterocycles. The Morgan fingerprint density at radius 2 is 2.11 bits per heavy atom. The molecular formula is C13H13Br2FN2S. The molecule has 102 valence electrons. The van der Waals surface area contributed by atoms with Crippen molar-refractivity contribution < 1.29 is 4.39 Å². The molecule has 2 rings (SSSR count). The number of nitrogens with zero attached hydrogens (tertiary/aromatic N) is 1. The van der Waals surface area contributed by atoms with E-state index in [9.17, 15) is 4.39 Å². The zero-order valence-corrected chi connectivity index (χ0v) is 14.2. The maximum atomic E-state index is 13.3. The second kappa shape index (κ2) is 6.35. The molecule has 1 heterocycles. The van der Waals surface area contributed by atoms with Gasteiger partial charge in [0.1, 0.15) is 5.82 Å². The van der Waals surface area contributed by atoms with Gasteiger partial charge in [-0.3, -0.25) is 0 Å². The van der Waals surface area contributed by atoms with Crippen LogP contribution >= 0.6 is 43.2 Å². The number of hydrogen-bond acceptors (Lipinski definition) is 3. The van der Waals surface area contributed by atoms with Crippen molar-refractivity contribution in [2.75, 3.05) is 18.5 Å². The van der Waals surface area contributed by atoms with Gasteiger partial charge in [-0.1, -0.05) is 6.07 Å². The molecule has 0 bridgehead atoms. The molecule has 0 amide bonds. The molecule has 0 aliphatic heterocycles. The van der Waals surface area contributed by atoms with Crippen LogP contribution in [-0.4, -0.2) is 13.6 Å². The minimum atomic E-state index is -0.242. The van der Waals surface area contributed by atoms with Gasteiger partial charge < -0.3 is 10.6 Å². The SMILES string of the molecule is CN(c1cccc(F)c1)C(CN)c1cc(Br)c(Br)s1. The van der Waals surface area contributed by atoms with E-state index in [2.05, 4.69) is 31.9 Å². The summed E-state index contributed by atoms with van der Waals surface area (Å²) in [6.07, 6.45) is 0. The lowest BCUT2D eigenvalue weighted by Crippen LogP contribution is -2.29. The smallest absolute Gasteiger partial charge is 0.125 e. The topological polar surface area (TPSA) is 29.3 Å². The summed E-state index contributed by atoms with van der Waals surface area (Å²) in [4.78, 5) is 3.13. The predicted octanol–water partition coefficient (Wildman–Crippen LogP) is 4.55. The van der Waals surface area contributed by atoms with Crippen LogP contribution in [0.4, 0.5) is 10.1 Å². The first-order valence-corrected chi connectivity index (χ1v) is 8.06. The number of halogens is 3. The number of hydrogen-bond donors (Lipinski definition) is 1. The minimum absolute atomic E-state index is 0.0226. The van der Waals surface area contributed by atoms with Crippen molar-refractivity contribution in [1.29, 1.82) is 0 Å². The molecule has 2 aromatic rings. The van der Waals surface area contributed by atoms with Crippen molar-refractivity contribution in [1.82, 2.24) is 0 Å². The predicted molar refractivity (Wildman–Crippen MR) is 86.3 cm³/mol. The quantitative estimate of drug-likeness (QED) is 0.805. The van der Waals surface area contributed by atoms with Gasteiger partial charge in [0.2, 0.25) is 0 Å². The molecule has 0 fully saturated rings. The average Bonchev–Trinajstić information content (AvgIpc) is 2.70. The van der Waals surface area contributed by atoms with E-state index in [1.807, 2.05) is 24.1 Å². The van der Waals surface area contributed by atoms with E-state index >= 15 is 0 Å². The molecule has 0 aliphatic carbocycles. The van der Waals surface area contributed by atoms with E-state index in [1.54, 1.807) is 17.4 Å². The lowest BCUT2D eigenvalue weighted by Gasteiger charge is -2.28. The van der Waals surface area contributed by atoms with Crippen LogP contribution in [-0.2, 0) is 0 Å². The van der Waals surface area contributed by atoms with Crippen LogP contribution in [0, 0.1) is 5.82 Å². The highest BCUT2D eigenvalue weighted by molar-refractivity contribution is 9.13. The van der Waals surface area contributed by atoms with E-state index < -0.39 is 0 Å². The molecule has 2 N–H and O–H groups in total. The normalized spacial score (nSPS) is 12.5. The molecule has 2 nitrogen and oxygen atoms in total. The molecule has 19 heavy (non-hydrogen) atoms. The Morgan fingerprint density at radius 3 is 2.63 bits per heavy atom. The molecule has 1 atom stereocenters. The summed E-state index contributed by atoms with van der Waals surface area (Å²) in [7, 11) is 1.92. The van der Waals surface area contributed by atoms with E-state index in [4.69, 9.17) is 5.73 Å². The number of nitrogens with two attached hydrogens (primary N) is 1. The highest BCUT2D eigenvalue weighted by atomic mass is 79.9. The van der Waals surface area contributed by atoms with Crippen molar-refractivity contribution in [3.8, 4) is 0 Å². The second-order valence-corrected chi connectivity index (χ2v) is 7.37. The molecule has 1 unspecified atom stereocenters. The molecule has 0 saturated carbocycles. The first-order chi connectivity index (χ1) is 9.02. The van der Waals surface area contributed by atoms with Gasteiger partial charge in [-0.25, -0.2) is 4.39 Å². The molecule has 6 heteroatoms. The Hall–Kier alpha value is -0.430. The van der Waals surface area contributed by atoms with Gasteiger partial charge in [0, 0.05) is 28.6 Å². The zero-order valence-electron chi connectivity index (χ0n) is 10.2. The van der Waals surface area contributed by atoms with Gasteiger partial charge in [-0.05, 0) is 56.1 Å². The van der Waals surface area contributed by atoms with Gasteiger partial charge in [0.25, 0.3) is 0 Å². The van der Waals surface area contributed by atoms with Gasteiger partial charge in [0.15, 0.2) is 0 Å². The van der Waals surface area contributed by atoms with Crippen molar-refractivity contribution in [2.24, 2.45) is 5.73 Å². The van der Waals surface area contributed by atoms with Crippen LogP contribution in [0.2, 0.25) is 0 Å². The van der Waals surface area contributed by atoms with E-state index in [0.717, 1.165) is 18.8 Å². The Balaban J connectivity index is 2.31. The molecule has 0 aliphatic rings. The fourth-order valence-electron chi connectivity index (χ4n) is 1.87. The maximum Gasteiger partial charge on any atom is 0.125 e. The zero-order chi connectivity index (χ0) is 14.0. The highest BCUT2D eigenvalue weighted by Gasteiger charge is 2.19. The Bertz CT molecular complexity index is 554. The largest absolute Gasteiger partial charge is 0.365 e. The summed E-state index contributed by atoms with van der Waals surface area (Å²) in [6, 6.07) is 8.60. The van der Waals surface area contributed by atoms with Gasteiger partial charge >= 0.3 is 0 Å². The van der Waals surface area contributed by atoms with E-state index in [1.165, 1.54) is 12.1 Å². The van der Waals surface area contributed by atoms with Crippen LogP contribution in [0.3, 0.4) is 0 Å². The number of thiophene rings is 1. The molecule has 1 aromatic heterocycles. The van der Waals surface area contributed by atoms with Crippen molar-refractivity contribution in [3.63, 3.8) is 0 Å². The van der Waals surface area contributed by atoms with Crippen molar-refractivity contribution in [2.45, 2.75) is 6.04 Å². The summed E-state index contributed by atoms with van der Waals surface area (Å²) in [5, 5.41) is 0. The third-order valence-electron chi connectivity index (χ3n) is 2.90. The number of benzene rings is 1. The number of anilines is 1. The Kier molecular flexibility index (Phi) is 5.00. The third kappa shape index (κ3) is 3.37. The Labute approximate surface area is 132 Å². The highest BCUT2D eigenvalue weighted by Crippen LogP contribution is 2.37. The first kappa shape index (κ1) is 15.0. The van der Waals surface area contributed by atoms with Gasteiger partial charge in [-0.15, -0.1) is 11.3 Å². The fourth-order valence-corrected chi connectivity index (χ4v) is 4.11. The van der Waals surface area contributed by atoms with Crippen LogP contribution < -0.4 is 10.6 Å². The first-order valence-electron chi connectivity index (χ1n) is 5.66. The maximum absolute atomic E-state index is 13.3. The lowest BCUT2D eigenvalue weighted by molar-refractivity contribution is 0.624. The van der Waals surface area contributed by atoms with Crippen molar-refractivity contribution >= 4 is 48.9 Å². The summed E-state index contributed by atoms with van der Waals surface area (Å²) in [6.45, 7) is 0.465. The number of rotatable bonds is 4. The van der Waals surface area contributed by atoms with Gasteiger partial charge in [0.05, 0.1) is 9.83 Å². The second-order valence-electron chi connectivity index (χ2n) is 4.11. The van der Waals surface area contributed by atoms with Crippen molar-refractivity contribution in [3.05, 3.63) is 49.3 Å². The standard InChI is InChI=1S/C13H13Br2FN2S/c1-18(9-4-2-3-8(16)5-9)11(7-17)12-6-10(14)13(15)19-12/h2-6,11H,7,17H2,1H3. The number of likely N-dealkylation sites (N-methyl/N-ethyl adjacent to an activating group) is 1. The molecule has 0 spiro atoms. The molecular weight excluding hydrogens is 395 g/mol. The Morgan fingerprint density at radius 1 is 1.37 bits per heavy atom. The lowest BCUT2D eigenvalue weighted by atomic mass is 10.2. The summed E-state index contributed by atoms with van der Waals surface area (Å²) in [5.74, 6) is -0.242. The van der Waals surface area contributed by atoms with Gasteiger partial charge in [-0.2, -0.15) is 0 Å². The summed E-state index contributed by atoms with van der Waals surface area (Å²) in [5.41, 5.74) is 6.70. The average molecular weight is 408 g/mol. The fraction of sp³-hybridized carbons (Fsp3) is 0.231. The molecule has 1 aromatic carbocycles. The van der Waals surface area contributed by atoms with Crippen LogP contribution in [0.25, 0.3) is 0 Å². The third-order valence-corrected chi connectivity index (χ3v) is 6.26. The monoisotopic (exact) mass is 406 g/mol. The van der Waals surface area contributed by atoms with E-state index in [0.29, 0.717) is 6.54 Å². The summed E-state index contributed by atoms with van der Waals surface area (Å²) < 4.78 is 15.3. The van der Waals surface area contributed by atoms with E-state index in [-0.39, 0.29) is 11.9 Å². The summed E-state index contributed by atoms with van der Waals surface area (Å²) >= 11 is 8.59. The molecule has 0 radical (unpaired) electrons. The van der Waals surface area contributed by atoms with Crippen LogP contribution in [0.5, 0.6) is 0 Å².